The Balaban J connectivity index is 2.23. The lowest BCUT2D eigenvalue weighted by molar-refractivity contribution is 0.153. The van der Waals surface area contributed by atoms with E-state index in [1.54, 1.807) is 0 Å². The van der Waals surface area contributed by atoms with E-state index in [9.17, 15) is 5.11 Å². The highest BCUT2D eigenvalue weighted by molar-refractivity contribution is 5.15. The number of aliphatic hydroxyl groups excluding tert-OH is 2. The van der Waals surface area contributed by atoms with Crippen molar-refractivity contribution >= 4 is 0 Å². The fraction of sp³-hybridized carbons (Fsp3) is 0.700. The molecule has 0 spiro atoms. The summed E-state index contributed by atoms with van der Waals surface area (Å²) in [5.41, 5.74) is 5.49. The average Bonchev–Trinajstić information content (AvgIpc) is 2.90. The Morgan fingerprint density at radius 2 is 1.61 bits per heavy atom. The molecule has 3 atom stereocenters. The van der Waals surface area contributed by atoms with Crippen LogP contribution in [0.1, 0.15) is 57.8 Å². The number of unbranched alkanes of at least 4 members (excludes halogenated alkanes) is 6. The topological polar surface area (TPSA) is 66.5 Å². The van der Waals surface area contributed by atoms with E-state index in [1.165, 1.54) is 12.8 Å². The van der Waals surface area contributed by atoms with Crippen LogP contribution in [0.3, 0.4) is 0 Å². The Hall–Kier alpha value is -0.900. The highest BCUT2D eigenvalue weighted by atomic mass is 16.3. The normalized spacial score (nSPS) is 24.4. The van der Waals surface area contributed by atoms with Gasteiger partial charge in [-0.15, -0.1) is 0 Å². The van der Waals surface area contributed by atoms with E-state index in [0.717, 1.165) is 51.5 Å². The van der Waals surface area contributed by atoms with Gasteiger partial charge in [-0.05, 0) is 51.5 Å². The van der Waals surface area contributed by atoms with Gasteiger partial charge < -0.3 is 15.9 Å². The first-order valence-corrected chi connectivity index (χ1v) is 9.28. The minimum Gasteiger partial charge on any atom is -0.396 e. The van der Waals surface area contributed by atoms with Crippen molar-refractivity contribution in [1.82, 2.24) is 0 Å². The zero-order valence-electron chi connectivity index (χ0n) is 14.4. The summed E-state index contributed by atoms with van der Waals surface area (Å²) in [5, 5.41) is 18.8. The third-order valence-corrected chi connectivity index (χ3v) is 4.50. The molecular formula is C20H35NO2. The largest absolute Gasteiger partial charge is 0.396 e. The van der Waals surface area contributed by atoms with Crippen LogP contribution >= 0.6 is 0 Å². The van der Waals surface area contributed by atoms with Crippen molar-refractivity contribution in [3.8, 4) is 0 Å². The lowest BCUT2D eigenvalue weighted by Gasteiger charge is -2.18. The summed E-state index contributed by atoms with van der Waals surface area (Å²) in [6.07, 6.45) is 22.4. The third-order valence-electron chi connectivity index (χ3n) is 4.50. The summed E-state index contributed by atoms with van der Waals surface area (Å²) < 4.78 is 0. The van der Waals surface area contributed by atoms with Crippen LogP contribution < -0.4 is 5.73 Å². The van der Waals surface area contributed by atoms with Crippen molar-refractivity contribution in [2.24, 2.45) is 17.6 Å². The summed E-state index contributed by atoms with van der Waals surface area (Å²) >= 11 is 0. The molecular weight excluding hydrogens is 286 g/mol. The predicted octanol–water partition coefficient (Wildman–Crippen LogP) is 3.72. The first-order chi connectivity index (χ1) is 11.3. The molecule has 3 nitrogen and oxygen atoms in total. The summed E-state index contributed by atoms with van der Waals surface area (Å²) in [5.74, 6) is 0.641. The monoisotopic (exact) mass is 321 g/mol. The van der Waals surface area contributed by atoms with Crippen molar-refractivity contribution in [3.63, 3.8) is 0 Å². The van der Waals surface area contributed by atoms with Crippen LogP contribution in [-0.4, -0.2) is 29.5 Å². The molecule has 132 valence electrons. The van der Waals surface area contributed by atoms with Crippen LogP contribution in [0.4, 0.5) is 0 Å². The van der Waals surface area contributed by atoms with Crippen LogP contribution in [0.15, 0.2) is 36.5 Å². The third kappa shape index (κ3) is 9.09. The second-order valence-corrected chi connectivity index (χ2v) is 6.46. The fourth-order valence-electron chi connectivity index (χ4n) is 3.02. The SMILES string of the molecule is NCCCCC=CC[C@@H]1[C@H](C=CCCCCCCO)C=C[C@H]1O. The maximum absolute atomic E-state index is 10.1. The first kappa shape index (κ1) is 20.1. The predicted molar refractivity (Wildman–Crippen MR) is 98.1 cm³/mol. The summed E-state index contributed by atoms with van der Waals surface area (Å²) in [6.45, 7) is 1.08. The molecule has 1 rings (SSSR count). The standard InChI is InChI=1S/C20H35NO2/c21-16-10-6-3-5-9-13-19-18(14-15-20(19)23)12-8-4-1-2-7-11-17-22/h5,8-9,12,14-15,18-20,22-23H,1-4,6-7,10-11,13,16-17,21H2/t18-,19-,20-/m1/s1. The van der Waals surface area contributed by atoms with Gasteiger partial charge in [0.2, 0.25) is 0 Å². The zero-order valence-corrected chi connectivity index (χ0v) is 14.4. The van der Waals surface area contributed by atoms with Gasteiger partial charge in [0.1, 0.15) is 0 Å². The molecule has 0 aromatic rings. The van der Waals surface area contributed by atoms with E-state index >= 15 is 0 Å². The van der Waals surface area contributed by atoms with E-state index in [2.05, 4.69) is 30.4 Å². The molecule has 0 aliphatic heterocycles. The maximum Gasteiger partial charge on any atom is 0.0760 e. The molecule has 0 aromatic carbocycles. The van der Waals surface area contributed by atoms with Crippen molar-refractivity contribution in [2.75, 3.05) is 13.2 Å². The van der Waals surface area contributed by atoms with E-state index < -0.39 is 0 Å². The number of rotatable bonds is 13. The van der Waals surface area contributed by atoms with Crippen LogP contribution in [0, 0.1) is 11.8 Å². The minimum absolute atomic E-state index is 0.284. The zero-order chi connectivity index (χ0) is 16.8. The Kier molecular flexibility index (Phi) is 11.9. The molecule has 1 aliphatic rings. The minimum atomic E-state index is -0.317. The Morgan fingerprint density at radius 1 is 0.870 bits per heavy atom. The molecule has 4 N–H and O–H groups in total. The van der Waals surface area contributed by atoms with Gasteiger partial charge in [-0.3, -0.25) is 0 Å². The van der Waals surface area contributed by atoms with Gasteiger partial charge in [-0.25, -0.2) is 0 Å². The number of nitrogens with two attached hydrogens (primary N) is 1. The van der Waals surface area contributed by atoms with E-state index in [4.69, 9.17) is 10.8 Å². The smallest absolute Gasteiger partial charge is 0.0760 e. The Labute approximate surface area is 142 Å². The van der Waals surface area contributed by atoms with Crippen molar-refractivity contribution in [3.05, 3.63) is 36.5 Å². The molecule has 23 heavy (non-hydrogen) atoms. The van der Waals surface area contributed by atoms with E-state index in [1.807, 2.05) is 6.08 Å². The fourth-order valence-corrected chi connectivity index (χ4v) is 3.02. The van der Waals surface area contributed by atoms with Crippen molar-refractivity contribution < 1.29 is 10.2 Å². The van der Waals surface area contributed by atoms with E-state index in [-0.39, 0.29) is 12.0 Å². The Morgan fingerprint density at radius 3 is 2.39 bits per heavy atom. The first-order valence-electron chi connectivity index (χ1n) is 9.28. The highest BCUT2D eigenvalue weighted by Gasteiger charge is 2.27. The van der Waals surface area contributed by atoms with Crippen molar-refractivity contribution in [1.29, 1.82) is 0 Å². The molecule has 1 aliphatic carbocycles. The molecule has 3 heteroatoms. The molecule has 0 aromatic heterocycles. The van der Waals surface area contributed by atoms with Crippen LogP contribution in [0.25, 0.3) is 0 Å². The Bertz CT molecular complexity index is 363. The molecule has 0 unspecified atom stereocenters. The van der Waals surface area contributed by atoms with Gasteiger partial charge in [-0.2, -0.15) is 0 Å². The van der Waals surface area contributed by atoms with E-state index in [0.29, 0.717) is 12.5 Å². The van der Waals surface area contributed by atoms with Crippen LogP contribution in [0.2, 0.25) is 0 Å². The summed E-state index contributed by atoms with van der Waals surface area (Å²) in [7, 11) is 0. The quantitative estimate of drug-likeness (QED) is 0.358. The average molecular weight is 322 g/mol. The second kappa shape index (κ2) is 13.5. The van der Waals surface area contributed by atoms with Gasteiger partial charge in [0.05, 0.1) is 6.10 Å². The second-order valence-electron chi connectivity index (χ2n) is 6.46. The molecule has 0 heterocycles. The lowest BCUT2D eigenvalue weighted by Crippen LogP contribution is -2.18. The van der Waals surface area contributed by atoms with Gasteiger partial charge in [0.15, 0.2) is 0 Å². The molecule has 0 saturated heterocycles. The molecule has 0 radical (unpaired) electrons. The van der Waals surface area contributed by atoms with Gasteiger partial charge in [-0.1, -0.05) is 49.3 Å². The van der Waals surface area contributed by atoms with Gasteiger partial charge in [0, 0.05) is 18.4 Å². The van der Waals surface area contributed by atoms with Crippen molar-refractivity contribution in [2.45, 2.75) is 63.9 Å². The highest BCUT2D eigenvalue weighted by Crippen LogP contribution is 2.30. The number of allylic oxidation sites excluding steroid dienone is 5. The van der Waals surface area contributed by atoms with Crippen LogP contribution in [-0.2, 0) is 0 Å². The van der Waals surface area contributed by atoms with Crippen LogP contribution in [0.5, 0.6) is 0 Å². The summed E-state index contributed by atoms with van der Waals surface area (Å²) in [6, 6.07) is 0. The van der Waals surface area contributed by atoms with Gasteiger partial charge in [0.25, 0.3) is 0 Å². The molecule has 0 fully saturated rings. The lowest BCUT2D eigenvalue weighted by atomic mass is 9.90. The number of aliphatic hydroxyl groups is 2. The van der Waals surface area contributed by atoms with Gasteiger partial charge >= 0.3 is 0 Å². The molecule has 0 saturated carbocycles. The number of hydrogen-bond acceptors (Lipinski definition) is 3. The molecule has 0 amide bonds. The maximum atomic E-state index is 10.1. The molecule has 0 bridgehead atoms. The number of hydrogen-bond donors (Lipinski definition) is 3. The summed E-state index contributed by atoms with van der Waals surface area (Å²) in [4.78, 5) is 0.